The second kappa shape index (κ2) is 6.41. The zero-order valence-electron chi connectivity index (χ0n) is 8.91. The van der Waals surface area contributed by atoms with Crippen molar-refractivity contribution in [2.24, 2.45) is 0 Å². The van der Waals surface area contributed by atoms with Crippen molar-refractivity contribution in [1.82, 2.24) is 4.90 Å². The molecule has 2 heteroatoms. The molecule has 1 saturated heterocycles. The Balaban J connectivity index is 2.03. The van der Waals surface area contributed by atoms with Gasteiger partial charge in [-0.3, -0.25) is 4.79 Å². The van der Waals surface area contributed by atoms with Crippen molar-refractivity contribution in [3.05, 3.63) is 24.3 Å². The van der Waals surface area contributed by atoms with Gasteiger partial charge in [-0.2, -0.15) is 0 Å². The number of carbonyl (C=O) groups excluding carboxylic acids is 1. The van der Waals surface area contributed by atoms with E-state index in [1.807, 2.05) is 12.2 Å². The van der Waals surface area contributed by atoms with E-state index in [4.69, 9.17) is 0 Å². The average Bonchev–Trinajstić information content (AvgIpc) is 2.99. The van der Waals surface area contributed by atoms with Crippen LogP contribution in [0.25, 0.3) is 0 Å². The van der Waals surface area contributed by atoms with Gasteiger partial charge >= 0.3 is 0 Å². The van der Waals surface area contributed by atoms with E-state index in [-0.39, 0.29) is 5.91 Å². The standard InChI is InChI=1S/C12H19NO/c1-2-3-4-5-6-7-8-9-12(14)13-10-11-13/h6-9H,2-5,10-11H2,1H3/b7-6+,9-8+. The van der Waals surface area contributed by atoms with Gasteiger partial charge in [0.05, 0.1) is 0 Å². The summed E-state index contributed by atoms with van der Waals surface area (Å²) in [4.78, 5) is 13.0. The van der Waals surface area contributed by atoms with Crippen LogP contribution in [0.4, 0.5) is 0 Å². The second-order valence-corrected chi connectivity index (χ2v) is 3.61. The maximum Gasteiger partial charge on any atom is 0.246 e. The topological polar surface area (TPSA) is 20.1 Å². The molecule has 1 fully saturated rings. The lowest BCUT2D eigenvalue weighted by Crippen LogP contribution is -2.04. The molecule has 0 aromatic rings. The molecular formula is C12H19NO. The summed E-state index contributed by atoms with van der Waals surface area (Å²) in [6, 6.07) is 0. The van der Waals surface area contributed by atoms with Gasteiger partial charge in [-0.1, -0.05) is 38.0 Å². The van der Waals surface area contributed by atoms with Crippen LogP contribution in [0.5, 0.6) is 0 Å². The lowest BCUT2D eigenvalue weighted by Gasteiger charge is -1.91. The molecule has 1 aliphatic heterocycles. The van der Waals surface area contributed by atoms with Crippen molar-refractivity contribution in [2.45, 2.75) is 32.6 Å². The lowest BCUT2D eigenvalue weighted by molar-refractivity contribution is -0.120. The van der Waals surface area contributed by atoms with Gasteiger partial charge in [0.2, 0.25) is 5.91 Å². The Morgan fingerprint density at radius 1 is 1.29 bits per heavy atom. The third-order valence-corrected chi connectivity index (χ3v) is 2.22. The summed E-state index contributed by atoms with van der Waals surface area (Å²) in [5, 5.41) is 0. The first-order chi connectivity index (χ1) is 6.84. The van der Waals surface area contributed by atoms with E-state index in [0.29, 0.717) is 0 Å². The molecule has 0 bridgehead atoms. The second-order valence-electron chi connectivity index (χ2n) is 3.61. The number of allylic oxidation sites excluding steroid dienone is 3. The Labute approximate surface area is 86.3 Å². The number of carbonyl (C=O) groups is 1. The molecule has 1 amide bonds. The molecule has 0 spiro atoms. The number of nitrogens with zero attached hydrogens (tertiary/aromatic N) is 1. The van der Waals surface area contributed by atoms with Crippen molar-refractivity contribution in [3.8, 4) is 0 Å². The van der Waals surface area contributed by atoms with Gasteiger partial charge in [0.25, 0.3) is 0 Å². The van der Waals surface area contributed by atoms with Crippen LogP contribution in [0.2, 0.25) is 0 Å². The number of amides is 1. The van der Waals surface area contributed by atoms with Crippen LogP contribution in [0.1, 0.15) is 32.6 Å². The Morgan fingerprint density at radius 2 is 2.07 bits per heavy atom. The third kappa shape index (κ3) is 4.85. The van der Waals surface area contributed by atoms with Gasteiger partial charge in [-0.05, 0) is 12.8 Å². The number of hydrogen-bond acceptors (Lipinski definition) is 1. The molecule has 0 saturated carbocycles. The Kier molecular flexibility index (Phi) is 5.05. The molecule has 0 atom stereocenters. The first-order valence-corrected chi connectivity index (χ1v) is 5.46. The van der Waals surface area contributed by atoms with Gasteiger partial charge in [-0.25, -0.2) is 0 Å². The van der Waals surface area contributed by atoms with E-state index in [0.717, 1.165) is 19.5 Å². The van der Waals surface area contributed by atoms with Crippen LogP contribution in [-0.4, -0.2) is 23.9 Å². The Morgan fingerprint density at radius 3 is 2.71 bits per heavy atom. The first kappa shape index (κ1) is 11.0. The van der Waals surface area contributed by atoms with Crippen LogP contribution in [0.3, 0.4) is 0 Å². The van der Waals surface area contributed by atoms with Gasteiger partial charge in [-0.15, -0.1) is 0 Å². The minimum atomic E-state index is 0.142. The maximum atomic E-state index is 11.1. The fourth-order valence-electron chi connectivity index (χ4n) is 1.20. The zero-order valence-corrected chi connectivity index (χ0v) is 8.91. The highest BCUT2D eigenvalue weighted by molar-refractivity contribution is 5.89. The molecule has 0 aliphatic carbocycles. The minimum Gasteiger partial charge on any atom is -0.336 e. The molecule has 78 valence electrons. The van der Waals surface area contributed by atoms with Gasteiger partial charge in [0, 0.05) is 19.2 Å². The predicted octanol–water partition coefficient (Wildman–Crippen LogP) is 2.52. The number of rotatable bonds is 6. The lowest BCUT2D eigenvalue weighted by atomic mass is 10.2. The van der Waals surface area contributed by atoms with Crippen molar-refractivity contribution >= 4 is 5.91 Å². The molecule has 1 rings (SSSR count). The van der Waals surface area contributed by atoms with E-state index in [1.54, 1.807) is 11.0 Å². The van der Waals surface area contributed by atoms with Crippen molar-refractivity contribution in [3.63, 3.8) is 0 Å². The highest BCUT2D eigenvalue weighted by atomic mass is 16.2. The van der Waals surface area contributed by atoms with Gasteiger partial charge in [0.1, 0.15) is 0 Å². The molecule has 0 aromatic heterocycles. The summed E-state index contributed by atoms with van der Waals surface area (Å²) >= 11 is 0. The quantitative estimate of drug-likeness (QED) is 0.275. The fraction of sp³-hybridized carbons (Fsp3) is 0.583. The van der Waals surface area contributed by atoms with E-state index >= 15 is 0 Å². The molecular weight excluding hydrogens is 174 g/mol. The zero-order chi connectivity index (χ0) is 10.2. The summed E-state index contributed by atoms with van der Waals surface area (Å²) in [6.07, 6.45) is 12.5. The van der Waals surface area contributed by atoms with E-state index < -0.39 is 0 Å². The Bertz CT molecular complexity index is 226. The number of hydrogen-bond donors (Lipinski definition) is 0. The Hall–Kier alpha value is -1.05. The van der Waals surface area contributed by atoms with Crippen LogP contribution in [-0.2, 0) is 4.79 Å². The molecule has 0 N–H and O–H groups in total. The molecule has 14 heavy (non-hydrogen) atoms. The smallest absolute Gasteiger partial charge is 0.246 e. The summed E-state index contributed by atoms with van der Waals surface area (Å²) in [6.45, 7) is 4.07. The molecule has 0 aromatic carbocycles. The minimum absolute atomic E-state index is 0.142. The molecule has 1 heterocycles. The SMILES string of the molecule is CCCCC/C=C/C=C/C(=O)N1CC1. The summed E-state index contributed by atoms with van der Waals surface area (Å²) in [7, 11) is 0. The summed E-state index contributed by atoms with van der Waals surface area (Å²) < 4.78 is 0. The van der Waals surface area contributed by atoms with Gasteiger partial charge in [0.15, 0.2) is 0 Å². The molecule has 2 nitrogen and oxygen atoms in total. The van der Waals surface area contributed by atoms with E-state index in [1.165, 1.54) is 19.3 Å². The first-order valence-electron chi connectivity index (χ1n) is 5.46. The monoisotopic (exact) mass is 193 g/mol. The molecule has 1 aliphatic rings. The highest BCUT2D eigenvalue weighted by Gasteiger charge is 2.20. The largest absolute Gasteiger partial charge is 0.336 e. The van der Waals surface area contributed by atoms with E-state index in [2.05, 4.69) is 13.0 Å². The maximum absolute atomic E-state index is 11.1. The predicted molar refractivity (Wildman–Crippen MR) is 59.0 cm³/mol. The van der Waals surface area contributed by atoms with Crippen molar-refractivity contribution < 1.29 is 4.79 Å². The van der Waals surface area contributed by atoms with E-state index in [9.17, 15) is 4.79 Å². The fourth-order valence-corrected chi connectivity index (χ4v) is 1.20. The van der Waals surface area contributed by atoms with Crippen molar-refractivity contribution in [2.75, 3.05) is 13.1 Å². The summed E-state index contributed by atoms with van der Waals surface area (Å²) in [5.74, 6) is 0.142. The van der Waals surface area contributed by atoms with Crippen LogP contribution in [0, 0.1) is 0 Å². The van der Waals surface area contributed by atoms with Crippen molar-refractivity contribution in [1.29, 1.82) is 0 Å². The molecule has 0 radical (unpaired) electrons. The normalized spacial score (nSPS) is 15.6. The van der Waals surface area contributed by atoms with Crippen LogP contribution < -0.4 is 0 Å². The van der Waals surface area contributed by atoms with Crippen LogP contribution >= 0.6 is 0 Å². The highest BCUT2D eigenvalue weighted by Crippen LogP contribution is 2.04. The number of unbranched alkanes of at least 4 members (excludes halogenated alkanes) is 3. The third-order valence-electron chi connectivity index (χ3n) is 2.22. The molecule has 0 unspecified atom stereocenters. The average molecular weight is 193 g/mol. The van der Waals surface area contributed by atoms with Crippen LogP contribution in [0.15, 0.2) is 24.3 Å². The summed E-state index contributed by atoms with van der Waals surface area (Å²) in [5.41, 5.74) is 0. The van der Waals surface area contributed by atoms with Gasteiger partial charge < -0.3 is 4.90 Å².